The number of ketones is 2. The van der Waals surface area contributed by atoms with Gasteiger partial charge in [-0.15, -0.1) is 0 Å². The van der Waals surface area contributed by atoms with Gasteiger partial charge >= 0.3 is 0 Å². The summed E-state index contributed by atoms with van der Waals surface area (Å²) in [6.07, 6.45) is 3.07. The van der Waals surface area contributed by atoms with E-state index in [1.165, 1.54) is 0 Å². The molecular formula is C18H19NO4. The van der Waals surface area contributed by atoms with Crippen molar-refractivity contribution in [2.45, 2.75) is 33.1 Å². The predicted octanol–water partition coefficient (Wildman–Crippen LogP) is 2.87. The van der Waals surface area contributed by atoms with Crippen LogP contribution >= 0.6 is 0 Å². The molecule has 3 rings (SSSR count). The summed E-state index contributed by atoms with van der Waals surface area (Å²) < 4.78 is 5.80. The molecule has 0 bridgehead atoms. The molecule has 5 heteroatoms. The largest absolute Gasteiger partial charge is 0.462 e. The molecule has 2 aliphatic carbocycles. The molecule has 1 fully saturated rings. The van der Waals surface area contributed by atoms with Crippen LogP contribution in [0.1, 0.15) is 33.1 Å². The fraction of sp³-hybridized carbons (Fsp3) is 0.389. The molecule has 120 valence electrons. The Morgan fingerprint density at radius 3 is 2.65 bits per heavy atom. The summed E-state index contributed by atoms with van der Waals surface area (Å²) in [5, 5.41) is 2.71. The summed E-state index contributed by atoms with van der Waals surface area (Å²) in [4.78, 5) is 34.6. The Morgan fingerprint density at radius 2 is 2.00 bits per heavy atom. The molecule has 0 heterocycles. The molecule has 1 amide bonds. The average molecular weight is 313 g/mol. The molecule has 2 aliphatic rings. The third-order valence-corrected chi connectivity index (χ3v) is 3.93. The average Bonchev–Trinajstić information content (AvgIpc) is 3.14. The smallest absolute Gasteiger partial charge is 0.235 e. The molecule has 0 spiro atoms. The molecule has 0 aliphatic heterocycles. The Hall–Kier alpha value is -2.43. The van der Waals surface area contributed by atoms with Gasteiger partial charge < -0.3 is 10.1 Å². The predicted molar refractivity (Wildman–Crippen MR) is 84.9 cm³/mol. The van der Waals surface area contributed by atoms with E-state index in [2.05, 4.69) is 5.32 Å². The minimum absolute atomic E-state index is 0.0250. The molecule has 1 saturated carbocycles. The Labute approximate surface area is 134 Å². The molecule has 1 unspecified atom stereocenters. The number of benzene rings is 1. The lowest BCUT2D eigenvalue weighted by Gasteiger charge is -2.28. The standard InChI is InChI=1S/C18H19NO4/c1-18(2)9-12(20)7-14(10-18)23-13-5-3-4-11(6-13)19-17(22)15-8-16(15)21/h3-7,15H,8-10H2,1-2H3,(H,19,22). The van der Waals surface area contributed by atoms with Crippen LogP contribution in [0.4, 0.5) is 5.69 Å². The lowest BCUT2D eigenvalue weighted by Crippen LogP contribution is -2.23. The minimum Gasteiger partial charge on any atom is -0.462 e. The van der Waals surface area contributed by atoms with Gasteiger partial charge in [-0.05, 0) is 17.5 Å². The van der Waals surface area contributed by atoms with Crippen molar-refractivity contribution >= 4 is 23.2 Å². The van der Waals surface area contributed by atoms with Crippen LogP contribution in [-0.2, 0) is 14.4 Å². The maximum atomic E-state index is 11.8. The van der Waals surface area contributed by atoms with Gasteiger partial charge in [0.2, 0.25) is 5.91 Å². The first-order valence-electron chi connectivity index (χ1n) is 7.67. The van der Waals surface area contributed by atoms with Crippen molar-refractivity contribution in [3.63, 3.8) is 0 Å². The maximum Gasteiger partial charge on any atom is 0.235 e. The third kappa shape index (κ3) is 3.86. The Bertz CT molecular complexity index is 717. The van der Waals surface area contributed by atoms with Gasteiger partial charge in [-0.2, -0.15) is 0 Å². The van der Waals surface area contributed by atoms with Crippen LogP contribution in [0.2, 0.25) is 0 Å². The molecule has 0 saturated heterocycles. The summed E-state index contributed by atoms with van der Waals surface area (Å²) in [5.74, 6) is 0.448. The first kappa shape index (κ1) is 15.5. The zero-order valence-corrected chi connectivity index (χ0v) is 13.2. The highest BCUT2D eigenvalue weighted by atomic mass is 16.5. The van der Waals surface area contributed by atoms with Gasteiger partial charge in [0, 0.05) is 37.1 Å². The maximum absolute atomic E-state index is 11.8. The Kier molecular flexibility index (Phi) is 3.80. The topological polar surface area (TPSA) is 72.5 Å². The Morgan fingerprint density at radius 1 is 1.26 bits per heavy atom. The molecule has 1 atom stereocenters. The molecule has 1 aromatic rings. The van der Waals surface area contributed by atoms with Crippen molar-refractivity contribution in [3.05, 3.63) is 36.1 Å². The molecule has 1 N–H and O–H groups in total. The second-order valence-corrected chi connectivity index (χ2v) is 6.94. The van der Waals surface area contributed by atoms with Crippen LogP contribution in [0.25, 0.3) is 0 Å². The number of amides is 1. The molecule has 0 aromatic heterocycles. The summed E-state index contributed by atoms with van der Waals surface area (Å²) in [7, 11) is 0. The van der Waals surface area contributed by atoms with Crippen LogP contribution in [0, 0.1) is 11.3 Å². The van der Waals surface area contributed by atoms with Gasteiger partial charge in [-0.25, -0.2) is 0 Å². The van der Waals surface area contributed by atoms with E-state index in [-0.39, 0.29) is 22.9 Å². The molecule has 0 radical (unpaired) electrons. The number of allylic oxidation sites excluding steroid dienone is 2. The summed E-state index contributed by atoms with van der Waals surface area (Å²) >= 11 is 0. The summed E-state index contributed by atoms with van der Waals surface area (Å²) in [6, 6.07) is 6.96. The summed E-state index contributed by atoms with van der Waals surface area (Å²) in [6.45, 7) is 4.06. The van der Waals surface area contributed by atoms with Crippen LogP contribution in [-0.4, -0.2) is 17.5 Å². The highest BCUT2D eigenvalue weighted by molar-refractivity contribution is 6.17. The fourth-order valence-corrected chi connectivity index (χ4v) is 2.75. The highest BCUT2D eigenvalue weighted by Crippen LogP contribution is 2.35. The second-order valence-electron chi connectivity index (χ2n) is 6.94. The molecule has 5 nitrogen and oxygen atoms in total. The van der Waals surface area contributed by atoms with Gasteiger partial charge in [0.05, 0.1) is 0 Å². The number of anilines is 1. The number of hydrogen-bond donors (Lipinski definition) is 1. The van der Waals surface area contributed by atoms with Gasteiger partial charge in [0.1, 0.15) is 23.2 Å². The van der Waals surface area contributed by atoms with E-state index in [0.29, 0.717) is 36.5 Å². The molecule has 1 aromatic carbocycles. The lowest BCUT2D eigenvalue weighted by atomic mass is 9.79. The number of ether oxygens (including phenoxy) is 1. The summed E-state index contributed by atoms with van der Waals surface area (Å²) in [5.41, 5.74) is 0.466. The SMILES string of the molecule is CC1(C)CC(=O)C=C(Oc2cccc(NC(=O)C3CC3=O)c2)C1. The zero-order valence-electron chi connectivity index (χ0n) is 13.2. The van der Waals surface area contributed by atoms with Crippen LogP contribution in [0.3, 0.4) is 0 Å². The van der Waals surface area contributed by atoms with Crippen LogP contribution in [0.15, 0.2) is 36.1 Å². The van der Waals surface area contributed by atoms with Gasteiger partial charge in [0.25, 0.3) is 0 Å². The van der Waals surface area contributed by atoms with Gasteiger partial charge in [0.15, 0.2) is 5.78 Å². The zero-order chi connectivity index (χ0) is 16.6. The van der Waals surface area contributed by atoms with E-state index >= 15 is 0 Å². The number of hydrogen-bond acceptors (Lipinski definition) is 4. The quantitative estimate of drug-likeness (QED) is 0.868. The van der Waals surface area contributed by atoms with Gasteiger partial charge in [-0.1, -0.05) is 19.9 Å². The van der Waals surface area contributed by atoms with E-state index in [0.717, 1.165) is 0 Å². The van der Waals surface area contributed by atoms with Crippen LogP contribution < -0.4 is 10.1 Å². The van der Waals surface area contributed by atoms with Crippen molar-refractivity contribution in [1.82, 2.24) is 0 Å². The van der Waals surface area contributed by atoms with Crippen LogP contribution in [0.5, 0.6) is 5.75 Å². The minimum atomic E-state index is -0.501. The fourth-order valence-electron chi connectivity index (χ4n) is 2.75. The van der Waals surface area contributed by atoms with E-state index in [1.807, 2.05) is 13.8 Å². The number of carbonyl (C=O) groups excluding carboxylic acids is 3. The number of Topliss-reactive ketones (excluding diaryl/α,β-unsaturated/α-hetero) is 1. The van der Waals surface area contributed by atoms with Crippen molar-refractivity contribution in [3.8, 4) is 5.75 Å². The van der Waals surface area contributed by atoms with E-state index in [1.54, 1.807) is 30.3 Å². The van der Waals surface area contributed by atoms with Crippen molar-refractivity contribution in [1.29, 1.82) is 0 Å². The van der Waals surface area contributed by atoms with E-state index in [4.69, 9.17) is 4.74 Å². The number of rotatable bonds is 4. The molecule has 23 heavy (non-hydrogen) atoms. The Balaban J connectivity index is 1.69. The van der Waals surface area contributed by atoms with Crippen molar-refractivity contribution in [2.75, 3.05) is 5.32 Å². The van der Waals surface area contributed by atoms with Crippen molar-refractivity contribution < 1.29 is 19.1 Å². The monoisotopic (exact) mass is 313 g/mol. The van der Waals surface area contributed by atoms with Crippen molar-refractivity contribution in [2.24, 2.45) is 11.3 Å². The number of nitrogens with one attached hydrogen (secondary N) is 1. The highest BCUT2D eigenvalue weighted by Gasteiger charge is 2.41. The van der Waals surface area contributed by atoms with Gasteiger partial charge in [-0.3, -0.25) is 14.4 Å². The normalized spacial score (nSPS) is 22.3. The van der Waals surface area contributed by atoms with E-state index < -0.39 is 5.92 Å². The lowest BCUT2D eigenvalue weighted by molar-refractivity contribution is -0.120. The first-order valence-corrected chi connectivity index (χ1v) is 7.67. The third-order valence-electron chi connectivity index (χ3n) is 3.93. The first-order chi connectivity index (χ1) is 10.8. The van der Waals surface area contributed by atoms with E-state index in [9.17, 15) is 14.4 Å². The number of carbonyl (C=O) groups is 3. The second kappa shape index (κ2) is 5.65. The molecular weight excluding hydrogens is 294 g/mol.